The van der Waals surface area contributed by atoms with E-state index in [0.29, 0.717) is 42.2 Å². The summed E-state index contributed by atoms with van der Waals surface area (Å²) in [6.45, 7) is 9.06. The highest BCUT2D eigenvalue weighted by molar-refractivity contribution is 6.03. The van der Waals surface area contributed by atoms with Crippen molar-refractivity contribution in [1.29, 1.82) is 0 Å². The second-order valence-electron chi connectivity index (χ2n) is 19.0. The molecule has 1 heterocycles. The van der Waals surface area contributed by atoms with Crippen LogP contribution in [0.25, 0.3) is 0 Å². The number of benzene rings is 3. The van der Waals surface area contributed by atoms with Crippen LogP contribution < -0.4 is 14.8 Å². The number of unbranched alkanes of at least 4 members (excludes halogenated alkanes) is 11. The topological polar surface area (TPSA) is 148 Å². The van der Waals surface area contributed by atoms with Crippen molar-refractivity contribution >= 4 is 17.9 Å². The van der Waals surface area contributed by atoms with Crippen molar-refractivity contribution in [2.24, 2.45) is 22.9 Å². The summed E-state index contributed by atoms with van der Waals surface area (Å²) in [4.78, 5) is 35.7. The number of aliphatic hydroxyl groups excluding tert-OH is 2. The van der Waals surface area contributed by atoms with Crippen LogP contribution in [0.1, 0.15) is 146 Å². The minimum atomic E-state index is -1.55. The lowest BCUT2D eigenvalue weighted by Gasteiger charge is -2.59. The van der Waals surface area contributed by atoms with Crippen molar-refractivity contribution in [2.75, 3.05) is 33.0 Å². The molecule has 3 aromatic rings. The number of carbonyl (C=O) groups excluding carboxylic acids is 2. The van der Waals surface area contributed by atoms with E-state index >= 15 is 0 Å². The maximum Gasteiger partial charge on any atom is 0.412 e. The SMILES string of the molecule is C=CCO[C@@]12Oc3ccc(OC(=O)NCCCCCCCCCCCC)cc3[C@H]3[C@H](CCCCO)[C@@H](CCCCO)C=C(C(=NOCc4ccccc4)C[C@@H]1N(Cc1ccc(F)cc1)C(=O)OCC)[C@H]32. The summed E-state index contributed by atoms with van der Waals surface area (Å²) in [7, 11) is 0. The fourth-order valence-corrected chi connectivity index (χ4v) is 10.7. The molecule has 13 heteroatoms. The molecule has 6 rings (SSSR count). The first kappa shape index (κ1) is 54.1. The van der Waals surface area contributed by atoms with Gasteiger partial charge in [0.2, 0.25) is 5.79 Å². The first-order chi connectivity index (χ1) is 34.3. The number of amides is 2. The molecule has 0 saturated heterocycles. The number of hydrogen-bond acceptors (Lipinski definition) is 10. The van der Waals surface area contributed by atoms with Crippen molar-refractivity contribution in [3.63, 3.8) is 0 Å². The van der Waals surface area contributed by atoms with Gasteiger partial charge >= 0.3 is 12.2 Å². The van der Waals surface area contributed by atoms with Gasteiger partial charge in [-0.25, -0.2) is 14.0 Å². The zero-order valence-electron chi connectivity index (χ0n) is 41.7. The zero-order valence-corrected chi connectivity index (χ0v) is 41.7. The number of hydrogen-bond donors (Lipinski definition) is 3. The summed E-state index contributed by atoms with van der Waals surface area (Å²) in [5.74, 6) is -2.07. The van der Waals surface area contributed by atoms with Gasteiger partial charge in [0.1, 0.15) is 30.0 Å². The van der Waals surface area contributed by atoms with E-state index in [1.807, 2.05) is 42.5 Å². The van der Waals surface area contributed by atoms with Crippen LogP contribution in [0.4, 0.5) is 14.0 Å². The van der Waals surface area contributed by atoms with Crippen molar-refractivity contribution in [2.45, 2.75) is 154 Å². The Labute approximate surface area is 415 Å². The number of allylic oxidation sites excluding steroid dienone is 1. The fourth-order valence-electron chi connectivity index (χ4n) is 10.7. The Balaban J connectivity index is 1.42. The minimum Gasteiger partial charge on any atom is -0.459 e. The molecule has 3 aromatic carbocycles. The predicted molar refractivity (Wildman–Crippen MR) is 271 cm³/mol. The van der Waals surface area contributed by atoms with Crippen molar-refractivity contribution in [3.05, 3.63) is 120 Å². The van der Waals surface area contributed by atoms with Crippen LogP contribution in [0.3, 0.4) is 0 Å². The average molecular weight is 968 g/mol. The first-order valence-corrected chi connectivity index (χ1v) is 26.1. The molecular weight excluding hydrogens is 890 g/mol. The van der Waals surface area contributed by atoms with E-state index in [9.17, 15) is 24.2 Å². The van der Waals surface area contributed by atoms with Crippen molar-refractivity contribution in [3.8, 4) is 11.5 Å². The number of oxime groups is 1. The Bertz CT molecular complexity index is 2130. The van der Waals surface area contributed by atoms with E-state index in [1.54, 1.807) is 36.1 Å². The highest BCUT2D eigenvalue weighted by Crippen LogP contribution is 2.62. The molecule has 12 nitrogen and oxygen atoms in total. The van der Waals surface area contributed by atoms with E-state index in [0.717, 1.165) is 61.6 Å². The largest absolute Gasteiger partial charge is 0.459 e. The standard InChI is InChI=1S/C57H78FN3O9/c1-4-7-8-9-10-11-12-13-14-20-33-59-55(64)69-46-31-32-51-49(38-46)53-47(26-19-22-35-63)44(25-18-21-34-62)37-48-50(60-68-41-43-23-16-15-17-24-43)39-52(57(70-51,54(48)53)67-36-5-2)61(56(65)66-6-3)40-42-27-29-45(58)30-28-42/h5,15-17,23-24,27-32,37-38,44,47,52-54,62-63H,2,4,6-14,18-22,25-26,33-36,39-41H2,1,3H3,(H,59,64)/t44-,47+,52-,53+,54+,57+/m0/s1. The van der Waals surface area contributed by atoms with Gasteiger partial charge in [-0.2, -0.15) is 0 Å². The number of carbonyl (C=O) groups is 2. The molecule has 1 saturated carbocycles. The summed E-state index contributed by atoms with van der Waals surface area (Å²) in [5, 5.41) is 27.9. The van der Waals surface area contributed by atoms with Crippen LogP contribution in [0, 0.1) is 23.6 Å². The van der Waals surface area contributed by atoms with Gasteiger partial charge < -0.3 is 39.3 Å². The second-order valence-corrected chi connectivity index (χ2v) is 19.0. The quantitative estimate of drug-likeness (QED) is 0.0337. The number of nitrogens with one attached hydrogen (secondary N) is 1. The van der Waals surface area contributed by atoms with E-state index in [4.69, 9.17) is 28.9 Å². The van der Waals surface area contributed by atoms with E-state index < -0.39 is 35.8 Å². The van der Waals surface area contributed by atoms with Gasteiger partial charge in [-0.3, -0.25) is 4.90 Å². The first-order valence-electron chi connectivity index (χ1n) is 26.1. The molecule has 2 amide bonds. The number of halogens is 1. The monoisotopic (exact) mass is 968 g/mol. The zero-order chi connectivity index (χ0) is 49.6. The molecule has 1 aliphatic heterocycles. The van der Waals surface area contributed by atoms with Gasteiger partial charge in [-0.05, 0) is 97.9 Å². The molecule has 382 valence electrons. The van der Waals surface area contributed by atoms with E-state index in [1.165, 1.54) is 57.1 Å². The van der Waals surface area contributed by atoms with Crippen LogP contribution in [0.15, 0.2) is 102 Å². The molecule has 1 fully saturated rings. The third kappa shape index (κ3) is 14.7. The van der Waals surface area contributed by atoms with Gasteiger partial charge in [0.05, 0.1) is 24.8 Å². The van der Waals surface area contributed by atoms with Gasteiger partial charge in [-0.15, -0.1) is 6.58 Å². The van der Waals surface area contributed by atoms with Gasteiger partial charge in [0.25, 0.3) is 0 Å². The minimum absolute atomic E-state index is 0.00488. The lowest BCUT2D eigenvalue weighted by molar-refractivity contribution is -0.256. The number of rotatable bonds is 30. The molecule has 3 aliphatic rings. The molecule has 0 aromatic heterocycles. The highest BCUT2D eigenvalue weighted by Gasteiger charge is 2.65. The van der Waals surface area contributed by atoms with Gasteiger partial charge in [-0.1, -0.05) is 137 Å². The number of fused-ring (bicyclic) bond motifs is 2. The molecule has 6 atom stereocenters. The van der Waals surface area contributed by atoms with Gasteiger partial charge in [0, 0.05) is 44.2 Å². The smallest absolute Gasteiger partial charge is 0.412 e. The second kappa shape index (κ2) is 28.6. The van der Waals surface area contributed by atoms with E-state index in [-0.39, 0.29) is 63.8 Å². The number of nitrogens with zero attached hydrogens (tertiary/aromatic N) is 2. The van der Waals surface area contributed by atoms with Crippen LogP contribution in [-0.2, 0) is 27.5 Å². The maximum absolute atomic E-state index is 14.5. The molecule has 0 unspecified atom stereocenters. The third-order valence-corrected chi connectivity index (χ3v) is 14.0. The maximum atomic E-state index is 14.5. The van der Waals surface area contributed by atoms with Crippen molar-refractivity contribution < 1.29 is 48.0 Å². The van der Waals surface area contributed by atoms with Crippen molar-refractivity contribution in [1.82, 2.24) is 10.2 Å². The normalized spacial score (nSPS) is 21.7. The summed E-state index contributed by atoms with van der Waals surface area (Å²) in [6, 6.07) is 20.4. The Morgan fingerprint density at radius 3 is 2.26 bits per heavy atom. The summed E-state index contributed by atoms with van der Waals surface area (Å²) < 4.78 is 40.5. The van der Waals surface area contributed by atoms with Crippen LogP contribution >= 0.6 is 0 Å². The molecule has 0 spiro atoms. The molecular formula is C57H78FN3O9. The summed E-state index contributed by atoms with van der Waals surface area (Å²) >= 11 is 0. The Morgan fingerprint density at radius 1 is 0.871 bits per heavy atom. The highest BCUT2D eigenvalue weighted by atomic mass is 19.1. The van der Waals surface area contributed by atoms with Crippen LogP contribution in [-0.4, -0.2) is 77.8 Å². The predicted octanol–water partition coefficient (Wildman–Crippen LogP) is 12.3. The molecule has 0 radical (unpaired) electrons. The molecule has 70 heavy (non-hydrogen) atoms. The summed E-state index contributed by atoms with van der Waals surface area (Å²) in [6.07, 6.45) is 19.2. The van der Waals surface area contributed by atoms with Gasteiger partial charge in [0.15, 0.2) is 0 Å². The van der Waals surface area contributed by atoms with Crippen LogP contribution in [0.2, 0.25) is 0 Å². The van der Waals surface area contributed by atoms with Crippen LogP contribution in [0.5, 0.6) is 11.5 Å². The number of aliphatic hydroxyl groups is 2. The lowest BCUT2D eigenvalue weighted by Crippen LogP contribution is -2.70. The summed E-state index contributed by atoms with van der Waals surface area (Å²) in [5.41, 5.74) is 3.91. The molecule has 2 aliphatic carbocycles. The lowest BCUT2D eigenvalue weighted by atomic mass is 9.55. The Hall–Kier alpha value is -5.24. The Kier molecular flexibility index (Phi) is 22.1. The molecule has 3 N–H and O–H groups in total. The average Bonchev–Trinajstić information content (AvgIpc) is 3.36. The van der Waals surface area contributed by atoms with E-state index in [2.05, 4.69) is 24.9 Å². The fraction of sp³-hybridized carbons (Fsp3) is 0.561. The molecule has 0 bridgehead atoms. The number of ether oxygens (including phenoxy) is 4. The third-order valence-electron chi connectivity index (χ3n) is 14.0. The Morgan fingerprint density at radius 2 is 1.57 bits per heavy atom.